The number of fused-ring (bicyclic) bond motifs is 1. The number of hydrogen-bond donors (Lipinski definition) is 3. The fourth-order valence-electron chi connectivity index (χ4n) is 2.06. The summed E-state index contributed by atoms with van der Waals surface area (Å²) >= 11 is 1.48. The molecule has 0 radical (unpaired) electrons. The van der Waals surface area contributed by atoms with E-state index in [1.807, 2.05) is 6.07 Å². The van der Waals surface area contributed by atoms with Crippen LogP contribution in [0.3, 0.4) is 0 Å². The predicted octanol–water partition coefficient (Wildman–Crippen LogP) is 1.43. The van der Waals surface area contributed by atoms with Gasteiger partial charge in [-0.1, -0.05) is 0 Å². The highest BCUT2D eigenvalue weighted by Crippen LogP contribution is 2.31. The van der Waals surface area contributed by atoms with Gasteiger partial charge in [-0.2, -0.15) is 0 Å². The Bertz CT molecular complexity index is 670. The first-order chi connectivity index (χ1) is 10.2. The molecule has 108 valence electrons. The molecular formula is C14H14N4O2S. The van der Waals surface area contributed by atoms with Crippen LogP contribution in [0.25, 0.3) is 0 Å². The van der Waals surface area contributed by atoms with Crippen molar-refractivity contribution in [1.29, 1.82) is 0 Å². The number of hydrogen-bond acceptors (Lipinski definition) is 4. The van der Waals surface area contributed by atoms with Crippen LogP contribution in [0.1, 0.15) is 16.2 Å². The van der Waals surface area contributed by atoms with Gasteiger partial charge in [-0.15, -0.1) is 11.8 Å². The van der Waals surface area contributed by atoms with Crippen LogP contribution in [0.5, 0.6) is 0 Å². The summed E-state index contributed by atoms with van der Waals surface area (Å²) in [6.45, 7) is 0.505. The monoisotopic (exact) mass is 302 g/mol. The Hall–Kier alpha value is -2.28. The second-order valence-corrected chi connectivity index (χ2v) is 5.61. The fraction of sp³-hybridized carbons (Fsp3) is 0.214. The number of aromatic amines is 1. The first-order valence-electron chi connectivity index (χ1n) is 6.55. The molecule has 2 aromatic rings. The molecule has 0 unspecified atom stereocenters. The van der Waals surface area contributed by atoms with Crippen LogP contribution in [0, 0.1) is 0 Å². The lowest BCUT2D eigenvalue weighted by Gasteiger charge is -2.16. The number of nitrogens with zero attached hydrogens (tertiary/aromatic N) is 1. The lowest BCUT2D eigenvalue weighted by molar-refractivity contribution is -0.113. The number of benzene rings is 1. The normalized spacial score (nSPS) is 13.4. The van der Waals surface area contributed by atoms with E-state index in [1.165, 1.54) is 11.8 Å². The molecule has 7 heteroatoms. The summed E-state index contributed by atoms with van der Waals surface area (Å²) in [5.41, 5.74) is 1.24. The highest BCUT2D eigenvalue weighted by Gasteiger charge is 2.17. The average molecular weight is 302 g/mol. The van der Waals surface area contributed by atoms with Crippen LogP contribution < -0.4 is 10.6 Å². The molecule has 21 heavy (non-hydrogen) atoms. The zero-order chi connectivity index (χ0) is 14.7. The summed E-state index contributed by atoms with van der Waals surface area (Å²) in [6.07, 6.45) is 4.08. The van der Waals surface area contributed by atoms with E-state index >= 15 is 0 Å². The second kappa shape index (κ2) is 6.01. The SMILES string of the molecule is O=C1CSc2ccc(C(=O)NCCc3ncc[nH]3)cc2N1. The van der Waals surface area contributed by atoms with E-state index in [1.54, 1.807) is 24.5 Å². The van der Waals surface area contributed by atoms with Crippen molar-refractivity contribution in [3.63, 3.8) is 0 Å². The van der Waals surface area contributed by atoms with Crippen molar-refractivity contribution in [2.24, 2.45) is 0 Å². The third kappa shape index (κ3) is 3.25. The van der Waals surface area contributed by atoms with Gasteiger partial charge in [-0.25, -0.2) is 4.98 Å². The Morgan fingerprint density at radius 3 is 3.14 bits per heavy atom. The molecule has 1 aromatic heterocycles. The third-order valence-corrected chi connectivity index (χ3v) is 4.15. The highest BCUT2D eigenvalue weighted by atomic mass is 32.2. The minimum absolute atomic E-state index is 0.0390. The van der Waals surface area contributed by atoms with Crippen LogP contribution in [0.4, 0.5) is 5.69 Å². The first kappa shape index (κ1) is 13.7. The fourth-order valence-corrected chi connectivity index (χ4v) is 2.84. The van der Waals surface area contributed by atoms with E-state index in [0.29, 0.717) is 30.0 Å². The van der Waals surface area contributed by atoms with Gasteiger partial charge in [0, 0.05) is 35.8 Å². The van der Waals surface area contributed by atoms with E-state index in [0.717, 1.165) is 10.7 Å². The number of imidazole rings is 1. The van der Waals surface area contributed by atoms with E-state index < -0.39 is 0 Å². The molecule has 0 atom stereocenters. The molecule has 0 spiro atoms. The molecule has 0 aliphatic carbocycles. The highest BCUT2D eigenvalue weighted by molar-refractivity contribution is 8.00. The number of H-pyrrole nitrogens is 1. The number of carbonyl (C=O) groups is 2. The summed E-state index contributed by atoms with van der Waals surface area (Å²) in [5, 5.41) is 5.62. The molecule has 1 aliphatic rings. The Balaban J connectivity index is 1.62. The van der Waals surface area contributed by atoms with Gasteiger partial charge in [-0.3, -0.25) is 9.59 Å². The smallest absolute Gasteiger partial charge is 0.251 e. The topological polar surface area (TPSA) is 86.9 Å². The van der Waals surface area contributed by atoms with Crippen molar-refractivity contribution >= 4 is 29.3 Å². The molecule has 6 nitrogen and oxygen atoms in total. The lowest BCUT2D eigenvalue weighted by Crippen LogP contribution is -2.26. The van der Waals surface area contributed by atoms with E-state index in [-0.39, 0.29) is 11.8 Å². The number of aromatic nitrogens is 2. The van der Waals surface area contributed by atoms with Crippen LogP contribution in [-0.4, -0.2) is 34.1 Å². The number of rotatable bonds is 4. The Morgan fingerprint density at radius 1 is 1.43 bits per heavy atom. The van der Waals surface area contributed by atoms with Crippen molar-refractivity contribution in [2.45, 2.75) is 11.3 Å². The second-order valence-electron chi connectivity index (χ2n) is 4.59. The maximum atomic E-state index is 12.1. The number of anilines is 1. The number of nitrogens with one attached hydrogen (secondary N) is 3. The minimum atomic E-state index is -0.158. The van der Waals surface area contributed by atoms with Crippen molar-refractivity contribution < 1.29 is 9.59 Å². The van der Waals surface area contributed by atoms with Crippen molar-refractivity contribution in [3.05, 3.63) is 42.0 Å². The summed E-state index contributed by atoms with van der Waals surface area (Å²) < 4.78 is 0. The van der Waals surface area contributed by atoms with Gasteiger partial charge in [0.15, 0.2) is 0 Å². The van der Waals surface area contributed by atoms with Crippen LogP contribution in [-0.2, 0) is 11.2 Å². The summed E-state index contributed by atoms with van der Waals surface area (Å²) in [6, 6.07) is 5.34. The Labute approximate surface area is 125 Å². The van der Waals surface area contributed by atoms with Gasteiger partial charge in [-0.05, 0) is 18.2 Å². The maximum Gasteiger partial charge on any atom is 0.251 e. The zero-order valence-corrected chi connectivity index (χ0v) is 12.0. The molecule has 1 aliphatic heterocycles. The van der Waals surface area contributed by atoms with Crippen molar-refractivity contribution in [3.8, 4) is 0 Å². The molecule has 1 aromatic carbocycles. The largest absolute Gasteiger partial charge is 0.352 e. The van der Waals surface area contributed by atoms with Crippen molar-refractivity contribution in [2.75, 3.05) is 17.6 Å². The molecule has 2 heterocycles. The molecule has 3 rings (SSSR count). The molecule has 2 amide bonds. The van der Waals surface area contributed by atoms with Gasteiger partial charge < -0.3 is 15.6 Å². The molecule has 3 N–H and O–H groups in total. The number of thioether (sulfide) groups is 1. The van der Waals surface area contributed by atoms with E-state index in [4.69, 9.17) is 0 Å². The summed E-state index contributed by atoms with van der Waals surface area (Å²) in [5.74, 6) is 1.06. The van der Waals surface area contributed by atoms with Gasteiger partial charge in [0.2, 0.25) is 5.91 Å². The summed E-state index contributed by atoms with van der Waals surface area (Å²) in [7, 11) is 0. The Morgan fingerprint density at radius 2 is 2.33 bits per heavy atom. The third-order valence-electron chi connectivity index (χ3n) is 3.08. The van der Waals surface area contributed by atoms with E-state index in [2.05, 4.69) is 20.6 Å². The first-order valence-corrected chi connectivity index (χ1v) is 7.54. The average Bonchev–Trinajstić information content (AvgIpc) is 2.99. The molecule has 0 bridgehead atoms. The quantitative estimate of drug-likeness (QED) is 0.797. The lowest BCUT2D eigenvalue weighted by atomic mass is 10.2. The van der Waals surface area contributed by atoms with Crippen LogP contribution in [0.2, 0.25) is 0 Å². The van der Waals surface area contributed by atoms with Gasteiger partial charge in [0.25, 0.3) is 5.91 Å². The standard InChI is InChI=1S/C14H14N4O2S/c19-13-8-21-11-2-1-9(7-10(11)18-13)14(20)17-4-3-12-15-5-6-16-12/h1-2,5-7H,3-4,8H2,(H,15,16)(H,17,20)(H,18,19). The number of amides is 2. The van der Waals surface area contributed by atoms with Gasteiger partial charge in [0.1, 0.15) is 5.82 Å². The maximum absolute atomic E-state index is 12.1. The van der Waals surface area contributed by atoms with Crippen molar-refractivity contribution in [1.82, 2.24) is 15.3 Å². The van der Waals surface area contributed by atoms with E-state index in [9.17, 15) is 9.59 Å². The molecule has 0 fully saturated rings. The molecule has 0 saturated heterocycles. The number of carbonyl (C=O) groups excluding carboxylic acids is 2. The van der Waals surface area contributed by atoms with Gasteiger partial charge in [0.05, 0.1) is 11.4 Å². The summed E-state index contributed by atoms with van der Waals surface area (Å²) in [4.78, 5) is 31.5. The Kier molecular flexibility index (Phi) is 3.92. The minimum Gasteiger partial charge on any atom is -0.352 e. The van der Waals surface area contributed by atoms with Crippen LogP contribution in [0.15, 0.2) is 35.5 Å². The molecule has 0 saturated carbocycles. The van der Waals surface area contributed by atoms with Gasteiger partial charge >= 0.3 is 0 Å². The molecular weight excluding hydrogens is 288 g/mol. The predicted molar refractivity (Wildman–Crippen MR) is 80.4 cm³/mol. The zero-order valence-electron chi connectivity index (χ0n) is 11.2. The van der Waals surface area contributed by atoms with Crippen LogP contribution >= 0.6 is 11.8 Å².